The number of quaternary nitrogens is 1. The molecule has 2 aromatic rings. The molecule has 1 amide bonds. The van der Waals surface area contributed by atoms with Crippen LogP contribution in [0.4, 0.5) is 5.69 Å². The molecule has 0 bridgehead atoms. The van der Waals surface area contributed by atoms with Gasteiger partial charge in [-0.1, -0.05) is 62.2 Å². The van der Waals surface area contributed by atoms with Crippen LogP contribution in [0.1, 0.15) is 63.0 Å². The van der Waals surface area contributed by atoms with Gasteiger partial charge in [0.25, 0.3) is 5.91 Å². The minimum absolute atomic E-state index is 0.140. The topological polar surface area (TPSA) is 29.1 Å². The predicted molar refractivity (Wildman–Crippen MR) is 122 cm³/mol. The number of hydrogen-bond acceptors (Lipinski definition) is 1. The van der Waals surface area contributed by atoms with E-state index in [0.717, 1.165) is 36.2 Å². The van der Waals surface area contributed by atoms with E-state index in [1.165, 1.54) is 56.1 Å². The first kappa shape index (κ1) is 21.6. The van der Waals surface area contributed by atoms with Crippen molar-refractivity contribution in [3.05, 3.63) is 65.7 Å². The van der Waals surface area contributed by atoms with Crippen molar-refractivity contribution in [3.8, 4) is 0 Å². The number of nitrogens with zero attached hydrogens (tertiary/aromatic N) is 1. The molecule has 1 aliphatic heterocycles. The molecule has 0 saturated carbocycles. The molecule has 0 aliphatic carbocycles. The van der Waals surface area contributed by atoms with Gasteiger partial charge >= 0.3 is 0 Å². The lowest BCUT2D eigenvalue weighted by molar-refractivity contribution is -0.932. The molecular weight excluding hydrogens is 356 g/mol. The Bertz CT molecular complexity index is 731. The molecule has 1 heterocycles. The number of nitrogens with one attached hydrogen (secondary N) is 1. The quantitative estimate of drug-likeness (QED) is 0.414. The monoisotopic (exact) mass is 393 g/mol. The van der Waals surface area contributed by atoms with Gasteiger partial charge in [0.1, 0.15) is 6.54 Å². The van der Waals surface area contributed by atoms with Crippen molar-refractivity contribution in [3.63, 3.8) is 0 Å². The van der Waals surface area contributed by atoms with E-state index in [4.69, 9.17) is 0 Å². The van der Waals surface area contributed by atoms with Gasteiger partial charge in [-0.2, -0.15) is 0 Å². The normalized spacial score (nSPS) is 16.2. The first-order chi connectivity index (χ1) is 14.2. The van der Waals surface area contributed by atoms with Crippen LogP contribution in [-0.4, -0.2) is 30.0 Å². The summed E-state index contributed by atoms with van der Waals surface area (Å²) in [7, 11) is 0. The Balaban J connectivity index is 1.62. The maximum Gasteiger partial charge on any atom is 0.279 e. The zero-order valence-corrected chi connectivity index (χ0v) is 18.0. The van der Waals surface area contributed by atoms with Crippen LogP contribution in [0.25, 0.3) is 0 Å². The Morgan fingerprint density at radius 1 is 0.862 bits per heavy atom. The number of carbonyl (C=O) groups excluding carboxylic acids is 1. The highest BCUT2D eigenvalue weighted by Gasteiger charge is 2.31. The molecule has 0 spiro atoms. The molecule has 2 aromatic carbocycles. The highest BCUT2D eigenvalue weighted by Crippen LogP contribution is 2.23. The van der Waals surface area contributed by atoms with E-state index in [9.17, 15) is 4.79 Å². The molecule has 1 saturated heterocycles. The van der Waals surface area contributed by atoms with E-state index >= 15 is 0 Å². The number of rotatable bonds is 9. The van der Waals surface area contributed by atoms with Gasteiger partial charge in [-0.3, -0.25) is 4.79 Å². The van der Waals surface area contributed by atoms with E-state index in [0.29, 0.717) is 6.54 Å². The lowest BCUT2D eigenvalue weighted by Gasteiger charge is -2.37. The zero-order chi connectivity index (χ0) is 20.4. The summed E-state index contributed by atoms with van der Waals surface area (Å²) in [5.41, 5.74) is 3.61. The Hall–Kier alpha value is -2.13. The number of anilines is 1. The minimum Gasteiger partial charge on any atom is -0.321 e. The maximum absolute atomic E-state index is 13.0. The summed E-state index contributed by atoms with van der Waals surface area (Å²) >= 11 is 0. The molecule has 3 heteroatoms. The van der Waals surface area contributed by atoms with Crippen molar-refractivity contribution in [1.82, 2.24) is 0 Å². The summed E-state index contributed by atoms with van der Waals surface area (Å²) in [4.78, 5) is 13.0. The molecule has 3 nitrogen and oxygen atoms in total. The Morgan fingerprint density at radius 2 is 1.55 bits per heavy atom. The average molecular weight is 394 g/mol. The summed E-state index contributed by atoms with van der Waals surface area (Å²) in [6.07, 6.45) is 9.89. The first-order valence-electron chi connectivity index (χ1n) is 11.5. The summed E-state index contributed by atoms with van der Waals surface area (Å²) < 4.78 is 0.880. The molecule has 3 rings (SSSR count). The fourth-order valence-corrected chi connectivity index (χ4v) is 4.54. The van der Waals surface area contributed by atoms with Crippen LogP contribution < -0.4 is 5.32 Å². The molecule has 1 N–H and O–H groups in total. The average Bonchev–Trinajstić information content (AvgIpc) is 2.95. The van der Waals surface area contributed by atoms with Crippen LogP contribution in [0.2, 0.25) is 0 Å². The van der Waals surface area contributed by atoms with Gasteiger partial charge in [0.2, 0.25) is 0 Å². The van der Waals surface area contributed by atoms with Gasteiger partial charge in [0.05, 0.1) is 13.1 Å². The number of aryl methyl sites for hydroxylation is 1. The molecular formula is C26H37N2O+. The van der Waals surface area contributed by atoms with Crippen molar-refractivity contribution in [2.24, 2.45) is 0 Å². The Kier molecular flexibility index (Phi) is 8.30. The highest BCUT2D eigenvalue weighted by atomic mass is 16.2. The van der Waals surface area contributed by atoms with Gasteiger partial charge < -0.3 is 9.80 Å². The lowest BCUT2D eigenvalue weighted by atomic mass is 10.1. The minimum atomic E-state index is 0.140. The van der Waals surface area contributed by atoms with Crippen LogP contribution in [0.3, 0.4) is 0 Å². The summed E-state index contributed by atoms with van der Waals surface area (Å²) in [5.74, 6) is 0.140. The van der Waals surface area contributed by atoms with Gasteiger partial charge in [-0.25, -0.2) is 0 Å². The largest absolute Gasteiger partial charge is 0.321 e. The fourth-order valence-electron chi connectivity index (χ4n) is 4.54. The highest BCUT2D eigenvalue weighted by molar-refractivity contribution is 5.91. The fraction of sp³-hybridized carbons (Fsp3) is 0.500. The Morgan fingerprint density at radius 3 is 2.21 bits per heavy atom. The second-order valence-electron chi connectivity index (χ2n) is 8.71. The number of benzene rings is 2. The number of unbranched alkanes of at least 4 members (excludes halogenated alkanes) is 2. The third-order valence-corrected chi connectivity index (χ3v) is 6.16. The van der Waals surface area contributed by atoms with E-state index in [2.05, 4.69) is 66.8 Å². The van der Waals surface area contributed by atoms with Gasteiger partial charge in [0.15, 0.2) is 6.54 Å². The number of likely N-dealkylation sites (tertiary alicyclic amines) is 1. The number of carbonyl (C=O) groups is 1. The van der Waals surface area contributed by atoms with E-state index in [1.807, 2.05) is 0 Å². The van der Waals surface area contributed by atoms with Crippen molar-refractivity contribution in [2.45, 2.75) is 64.8 Å². The zero-order valence-electron chi connectivity index (χ0n) is 18.0. The molecule has 0 radical (unpaired) electrons. The number of hydrogen-bond donors (Lipinski definition) is 1. The van der Waals surface area contributed by atoms with E-state index in [-0.39, 0.29) is 5.91 Å². The van der Waals surface area contributed by atoms with Crippen LogP contribution >= 0.6 is 0 Å². The maximum atomic E-state index is 13.0. The molecule has 0 aromatic heterocycles. The van der Waals surface area contributed by atoms with Gasteiger partial charge in [-0.05, 0) is 56.2 Å². The molecule has 156 valence electrons. The van der Waals surface area contributed by atoms with Crippen LogP contribution in [0.5, 0.6) is 0 Å². The molecule has 0 unspecified atom stereocenters. The van der Waals surface area contributed by atoms with E-state index in [1.54, 1.807) is 0 Å². The standard InChI is InChI=1S/C26H36N2O/c1-2-3-7-12-23-15-17-25(18-16-23)27-26(29)22-28(19-10-4-5-11-20-28)21-24-13-8-6-9-14-24/h6,8-9,13-18H,2-5,7,10-12,19-22H2,1H3/p+1. The van der Waals surface area contributed by atoms with Crippen LogP contribution in [0.15, 0.2) is 54.6 Å². The SMILES string of the molecule is CCCCCc1ccc(NC(=O)C[N+]2(Cc3ccccc3)CCCCCC2)cc1. The molecule has 1 aliphatic rings. The third kappa shape index (κ3) is 7.01. The summed E-state index contributed by atoms with van der Waals surface area (Å²) in [6, 6.07) is 19.1. The Labute approximate surface area is 176 Å². The van der Waals surface area contributed by atoms with Crippen molar-refractivity contribution < 1.29 is 9.28 Å². The number of amides is 1. The van der Waals surface area contributed by atoms with E-state index < -0.39 is 0 Å². The molecule has 0 atom stereocenters. The predicted octanol–water partition coefficient (Wildman–Crippen LogP) is 5.95. The molecule has 29 heavy (non-hydrogen) atoms. The van der Waals surface area contributed by atoms with Crippen molar-refractivity contribution >= 4 is 11.6 Å². The first-order valence-corrected chi connectivity index (χ1v) is 11.5. The van der Waals surface area contributed by atoms with Gasteiger partial charge in [0, 0.05) is 11.3 Å². The smallest absolute Gasteiger partial charge is 0.279 e. The molecule has 1 fully saturated rings. The lowest BCUT2D eigenvalue weighted by Crippen LogP contribution is -2.52. The summed E-state index contributed by atoms with van der Waals surface area (Å²) in [5, 5.41) is 3.16. The summed E-state index contributed by atoms with van der Waals surface area (Å²) in [6.45, 7) is 5.94. The van der Waals surface area contributed by atoms with Crippen LogP contribution in [-0.2, 0) is 17.8 Å². The second kappa shape index (κ2) is 11.2. The second-order valence-corrected chi connectivity index (χ2v) is 8.71. The van der Waals surface area contributed by atoms with Crippen molar-refractivity contribution in [1.29, 1.82) is 0 Å². The third-order valence-electron chi connectivity index (χ3n) is 6.16. The van der Waals surface area contributed by atoms with Crippen molar-refractivity contribution in [2.75, 3.05) is 25.0 Å². The van der Waals surface area contributed by atoms with Crippen LogP contribution in [0, 0.1) is 0 Å². The van der Waals surface area contributed by atoms with Gasteiger partial charge in [-0.15, -0.1) is 0 Å².